The second kappa shape index (κ2) is 9.56. The first-order valence-corrected chi connectivity index (χ1v) is 18.5. The number of hydrogen-bond acceptors (Lipinski definition) is 0. The van der Waals surface area contributed by atoms with Gasteiger partial charge in [0.05, 0.1) is 0 Å². The third kappa shape index (κ3) is 4.14. The summed E-state index contributed by atoms with van der Waals surface area (Å²) >= 11 is -2.61. The first-order chi connectivity index (χ1) is 14.5. The molecule has 1 aliphatic rings. The summed E-state index contributed by atoms with van der Waals surface area (Å²) in [5.41, 5.74) is 10.7. The van der Waals surface area contributed by atoms with Crippen molar-refractivity contribution in [3.8, 4) is 11.1 Å². The van der Waals surface area contributed by atoms with E-state index >= 15 is 0 Å². The molecule has 4 rings (SSSR count). The molecule has 153 valence electrons. The number of hydrogen-bond donors (Lipinski definition) is 0. The van der Waals surface area contributed by atoms with Crippen LogP contribution in [0.4, 0.5) is 0 Å². The summed E-state index contributed by atoms with van der Waals surface area (Å²) in [6.07, 6.45) is 4.58. The molecule has 30 heavy (non-hydrogen) atoms. The molecular weight excluding hydrogens is 486 g/mol. The standard InChI is InChI=1S/C27H27.2ClH.Zr/c1-4-10-21-15-16-22-17-23(20-11-6-5-7-12-20)18-26(22)27(21)25-14-9-8-13-24(25)19(2)3;;;/h5-9,11-19H,4,10H2,1-3H3;2*1H;/q;;;+2/p-2. The summed E-state index contributed by atoms with van der Waals surface area (Å²) in [7, 11) is 13.5. The van der Waals surface area contributed by atoms with Crippen LogP contribution >= 0.6 is 17.0 Å². The number of benzene rings is 3. The van der Waals surface area contributed by atoms with Gasteiger partial charge in [0.25, 0.3) is 0 Å². The van der Waals surface area contributed by atoms with E-state index in [-0.39, 0.29) is 3.63 Å². The Balaban J connectivity index is 2.01. The van der Waals surface area contributed by atoms with Gasteiger partial charge in [0.15, 0.2) is 0 Å². The second-order valence-corrected chi connectivity index (χ2v) is 17.1. The van der Waals surface area contributed by atoms with Crippen molar-refractivity contribution in [2.45, 2.75) is 43.2 Å². The van der Waals surface area contributed by atoms with Gasteiger partial charge in [-0.25, -0.2) is 0 Å². The fourth-order valence-electron chi connectivity index (χ4n) is 4.63. The van der Waals surface area contributed by atoms with Gasteiger partial charge >= 0.3 is 197 Å². The molecule has 0 saturated carbocycles. The molecule has 0 heterocycles. The van der Waals surface area contributed by atoms with Crippen molar-refractivity contribution in [2.75, 3.05) is 0 Å². The monoisotopic (exact) mass is 511 g/mol. The predicted octanol–water partition coefficient (Wildman–Crippen LogP) is 8.95. The topological polar surface area (TPSA) is 0 Å². The van der Waals surface area contributed by atoms with E-state index in [9.17, 15) is 0 Å². The molecular formula is C27H27Cl2Zr. The van der Waals surface area contributed by atoms with E-state index in [1.165, 1.54) is 44.5 Å². The molecule has 1 unspecified atom stereocenters. The minimum atomic E-state index is -2.61. The summed E-state index contributed by atoms with van der Waals surface area (Å²) in [6, 6.07) is 24.1. The van der Waals surface area contributed by atoms with Gasteiger partial charge in [0.1, 0.15) is 0 Å². The molecule has 3 aromatic rings. The van der Waals surface area contributed by atoms with Crippen molar-refractivity contribution in [3.63, 3.8) is 0 Å². The molecule has 3 heteroatoms. The van der Waals surface area contributed by atoms with E-state index in [4.69, 9.17) is 17.0 Å². The van der Waals surface area contributed by atoms with E-state index in [2.05, 4.69) is 93.6 Å². The Labute approximate surface area is 195 Å². The van der Waals surface area contributed by atoms with Gasteiger partial charge in [-0.1, -0.05) is 0 Å². The zero-order valence-corrected chi connectivity index (χ0v) is 21.7. The number of aryl methyl sites for hydroxylation is 1. The van der Waals surface area contributed by atoms with Crippen LogP contribution in [0.25, 0.3) is 22.8 Å². The quantitative estimate of drug-likeness (QED) is 0.309. The van der Waals surface area contributed by atoms with Crippen molar-refractivity contribution in [2.24, 2.45) is 0 Å². The van der Waals surface area contributed by atoms with Gasteiger partial charge in [-0.15, -0.1) is 0 Å². The molecule has 0 radical (unpaired) electrons. The van der Waals surface area contributed by atoms with Crippen LogP contribution in [0.15, 0.2) is 66.7 Å². The van der Waals surface area contributed by atoms with E-state index in [0.717, 1.165) is 12.8 Å². The number of rotatable bonds is 6. The number of allylic oxidation sites excluding steroid dienone is 1. The van der Waals surface area contributed by atoms with Gasteiger partial charge in [-0.2, -0.15) is 0 Å². The average molecular weight is 514 g/mol. The van der Waals surface area contributed by atoms with Crippen molar-refractivity contribution < 1.29 is 19.4 Å². The van der Waals surface area contributed by atoms with E-state index in [1.54, 1.807) is 0 Å². The van der Waals surface area contributed by atoms with Crippen LogP contribution in [0, 0.1) is 0 Å². The summed E-state index contributed by atoms with van der Waals surface area (Å²) < 4.78 is 0.175. The SMILES string of the molecule is CCCc1ccc2c(c1-c1ccccc1C(C)C)C=C(c1ccccc1)[CH]2[Zr]([Cl])[Cl]. The maximum atomic E-state index is 6.76. The molecule has 0 fully saturated rings. The zero-order valence-electron chi connectivity index (χ0n) is 17.8. The first-order valence-electron chi connectivity index (χ1n) is 10.7. The summed E-state index contributed by atoms with van der Waals surface area (Å²) in [5, 5.41) is 0. The number of halogens is 2. The molecule has 0 aromatic heterocycles. The second-order valence-electron chi connectivity index (χ2n) is 8.28. The fourth-order valence-corrected chi connectivity index (χ4v) is 9.80. The van der Waals surface area contributed by atoms with Crippen LogP contribution in [0.2, 0.25) is 0 Å². The number of fused-ring (bicyclic) bond motifs is 1. The minimum absolute atomic E-state index is 0.175. The van der Waals surface area contributed by atoms with Gasteiger partial charge < -0.3 is 0 Å². The van der Waals surface area contributed by atoms with E-state index in [1.807, 2.05) is 0 Å². The Bertz CT molecular complexity index is 1070. The summed E-state index contributed by atoms with van der Waals surface area (Å²) in [6.45, 7) is 6.81. The molecule has 0 saturated heterocycles. The van der Waals surface area contributed by atoms with E-state index in [0.29, 0.717) is 5.92 Å². The van der Waals surface area contributed by atoms with Crippen LogP contribution in [0.5, 0.6) is 0 Å². The van der Waals surface area contributed by atoms with Crippen LogP contribution < -0.4 is 0 Å². The maximum absolute atomic E-state index is 6.76. The zero-order chi connectivity index (χ0) is 21.3. The fraction of sp³-hybridized carbons (Fsp3) is 0.259. The van der Waals surface area contributed by atoms with Gasteiger partial charge in [0.2, 0.25) is 0 Å². The Morgan fingerprint density at radius 2 is 1.60 bits per heavy atom. The van der Waals surface area contributed by atoms with Crippen molar-refractivity contribution in [1.82, 2.24) is 0 Å². The molecule has 0 spiro atoms. The normalized spacial score (nSPS) is 15.3. The van der Waals surface area contributed by atoms with Crippen molar-refractivity contribution in [3.05, 3.63) is 94.5 Å². The first kappa shape index (κ1) is 22.1. The summed E-state index contributed by atoms with van der Waals surface area (Å²) in [4.78, 5) is 0. The van der Waals surface area contributed by atoms with Crippen LogP contribution in [-0.4, -0.2) is 0 Å². The third-order valence-electron chi connectivity index (χ3n) is 5.98. The molecule has 0 nitrogen and oxygen atoms in total. The molecule has 3 aromatic carbocycles. The third-order valence-corrected chi connectivity index (χ3v) is 11.2. The summed E-state index contributed by atoms with van der Waals surface area (Å²) in [5.74, 6) is 0.466. The van der Waals surface area contributed by atoms with Crippen LogP contribution in [0.1, 0.15) is 64.6 Å². The van der Waals surface area contributed by atoms with E-state index < -0.39 is 19.4 Å². The molecule has 0 amide bonds. The van der Waals surface area contributed by atoms with Crippen LogP contribution in [-0.2, 0) is 25.8 Å². The Hall–Kier alpha value is -1.14. The molecule has 0 aliphatic heterocycles. The Morgan fingerprint density at radius 1 is 0.900 bits per heavy atom. The van der Waals surface area contributed by atoms with Gasteiger partial charge in [0, 0.05) is 0 Å². The Kier molecular flexibility index (Phi) is 7.03. The van der Waals surface area contributed by atoms with Gasteiger partial charge in [-0.3, -0.25) is 0 Å². The molecule has 1 atom stereocenters. The Morgan fingerprint density at radius 3 is 2.27 bits per heavy atom. The average Bonchev–Trinajstić information content (AvgIpc) is 3.14. The van der Waals surface area contributed by atoms with Crippen LogP contribution in [0.3, 0.4) is 0 Å². The molecule has 0 N–H and O–H groups in total. The van der Waals surface area contributed by atoms with Crippen molar-refractivity contribution in [1.29, 1.82) is 0 Å². The molecule has 1 aliphatic carbocycles. The van der Waals surface area contributed by atoms with Gasteiger partial charge in [-0.05, 0) is 0 Å². The van der Waals surface area contributed by atoms with Crippen molar-refractivity contribution >= 4 is 28.7 Å². The predicted molar refractivity (Wildman–Crippen MR) is 129 cm³/mol. The molecule has 0 bridgehead atoms.